The third-order valence-electron chi connectivity index (χ3n) is 2.81. The molecule has 2 rings (SSSR count). The van der Waals surface area contributed by atoms with Gasteiger partial charge in [0.15, 0.2) is 5.03 Å². The first-order valence-electron chi connectivity index (χ1n) is 6.28. The average Bonchev–Trinajstić information content (AvgIpc) is 2.75. The lowest BCUT2D eigenvalue weighted by molar-refractivity contribution is 0.475. The van der Waals surface area contributed by atoms with E-state index in [0.29, 0.717) is 11.5 Å². The van der Waals surface area contributed by atoms with Gasteiger partial charge in [0, 0.05) is 18.4 Å². The monoisotopic (exact) mass is 295 g/mol. The summed E-state index contributed by atoms with van der Waals surface area (Å²) in [6, 6.07) is 5.81. The van der Waals surface area contributed by atoms with Crippen LogP contribution >= 0.6 is 0 Å². The van der Waals surface area contributed by atoms with Gasteiger partial charge in [-0.2, -0.15) is 8.42 Å². The highest BCUT2D eigenvalue weighted by Gasteiger charge is 2.19. The van der Waals surface area contributed by atoms with Crippen LogP contribution in [0, 0.1) is 6.92 Å². The van der Waals surface area contributed by atoms with Gasteiger partial charge in [0.05, 0.1) is 0 Å². The van der Waals surface area contributed by atoms with Crippen molar-refractivity contribution in [2.75, 3.05) is 4.72 Å². The molecule has 1 aromatic heterocycles. The molecule has 0 radical (unpaired) electrons. The average molecular weight is 295 g/mol. The predicted molar refractivity (Wildman–Crippen MR) is 76.2 cm³/mol. The summed E-state index contributed by atoms with van der Waals surface area (Å²) in [6.07, 6.45) is 2.43. The van der Waals surface area contributed by atoms with Gasteiger partial charge in [-0.15, -0.1) is 0 Å². The fraction of sp³-hybridized carbons (Fsp3) is 0.308. The van der Waals surface area contributed by atoms with Gasteiger partial charge in [-0.25, -0.2) is 4.98 Å². The van der Waals surface area contributed by atoms with Crippen molar-refractivity contribution in [1.29, 1.82) is 0 Å². The van der Waals surface area contributed by atoms with Gasteiger partial charge in [-0.1, -0.05) is 6.92 Å². The normalized spacial score (nSPS) is 11.5. The Bertz CT molecular complexity index is 690. The Hall–Kier alpha value is -2.02. The number of sulfonamides is 1. The zero-order chi connectivity index (χ0) is 14.8. The van der Waals surface area contributed by atoms with Crippen LogP contribution < -0.4 is 4.72 Å². The van der Waals surface area contributed by atoms with Gasteiger partial charge in [-0.05, 0) is 37.6 Å². The third-order valence-corrected chi connectivity index (χ3v) is 4.07. The first-order valence-corrected chi connectivity index (χ1v) is 7.76. The van der Waals surface area contributed by atoms with E-state index in [0.717, 1.165) is 13.0 Å². The van der Waals surface area contributed by atoms with Gasteiger partial charge in [-0.3, -0.25) is 4.72 Å². The maximum absolute atomic E-state index is 12.2. The first kappa shape index (κ1) is 14.4. The Balaban J connectivity index is 2.26. The van der Waals surface area contributed by atoms with Crippen LogP contribution in [0.2, 0.25) is 0 Å². The minimum atomic E-state index is -3.71. The van der Waals surface area contributed by atoms with Crippen molar-refractivity contribution >= 4 is 15.7 Å². The van der Waals surface area contributed by atoms with Crippen molar-refractivity contribution in [2.24, 2.45) is 0 Å². The van der Waals surface area contributed by atoms with Crippen LogP contribution in [0.15, 0.2) is 35.5 Å². The number of aryl methyl sites for hydroxylation is 2. The second kappa shape index (κ2) is 5.54. The number of anilines is 1. The first-order chi connectivity index (χ1) is 9.42. The van der Waals surface area contributed by atoms with Crippen molar-refractivity contribution in [2.45, 2.75) is 31.8 Å². The molecule has 1 aromatic carbocycles. The molecule has 20 heavy (non-hydrogen) atoms. The number of imidazole rings is 1. The lowest BCUT2D eigenvalue weighted by Crippen LogP contribution is -2.13. The maximum Gasteiger partial charge on any atom is 0.280 e. The molecular weight excluding hydrogens is 278 g/mol. The molecular formula is C13H17N3O3S. The van der Waals surface area contributed by atoms with Gasteiger partial charge < -0.3 is 9.67 Å². The second-order valence-corrected chi connectivity index (χ2v) is 6.10. The molecule has 0 bridgehead atoms. The highest BCUT2D eigenvalue weighted by atomic mass is 32.2. The zero-order valence-corrected chi connectivity index (χ0v) is 12.2. The summed E-state index contributed by atoms with van der Waals surface area (Å²) in [5.74, 6) is 0.744. The van der Waals surface area contributed by atoms with Gasteiger partial charge >= 0.3 is 0 Å². The summed E-state index contributed by atoms with van der Waals surface area (Å²) in [7, 11) is -3.71. The zero-order valence-electron chi connectivity index (χ0n) is 11.4. The highest BCUT2D eigenvalue weighted by Crippen LogP contribution is 2.18. The maximum atomic E-state index is 12.2. The van der Waals surface area contributed by atoms with E-state index in [4.69, 9.17) is 0 Å². The van der Waals surface area contributed by atoms with E-state index in [2.05, 4.69) is 9.71 Å². The minimum absolute atomic E-state index is 0.00322. The number of benzene rings is 1. The molecule has 6 nitrogen and oxygen atoms in total. The molecule has 0 amide bonds. The number of hydrogen-bond acceptors (Lipinski definition) is 4. The summed E-state index contributed by atoms with van der Waals surface area (Å²) in [5.41, 5.74) is 0.380. The number of phenols is 1. The number of rotatable bonds is 5. The number of nitrogens with zero attached hydrogens (tertiary/aromatic N) is 2. The summed E-state index contributed by atoms with van der Waals surface area (Å²) in [6.45, 7) is 4.52. The number of phenolic OH excluding ortho intramolecular Hbond substituents is 1. The molecule has 7 heteroatoms. The molecule has 0 aliphatic rings. The Morgan fingerprint density at radius 1 is 1.30 bits per heavy atom. The van der Waals surface area contributed by atoms with Gasteiger partial charge in [0.2, 0.25) is 0 Å². The van der Waals surface area contributed by atoms with Crippen molar-refractivity contribution in [1.82, 2.24) is 9.55 Å². The Morgan fingerprint density at radius 2 is 1.95 bits per heavy atom. The van der Waals surface area contributed by atoms with E-state index in [1.54, 1.807) is 6.92 Å². The van der Waals surface area contributed by atoms with Crippen LogP contribution in [0.5, 0.6) is 5.75 Å². The van der Waals surface area contributed by atoms with Crippen molar-refractivity contribution < 1.29 is 13.5 Å². The molecule has 108 valence electrons. The summed E-state index contributed by atoms with van der Waals surface area (Å²) >= 11 is 0. The standard InChI is InChI=1S/C13H17N3O3S/c1-3-8-16-9-13(14-10(16)2)20(18,19)15-11-4-6-12(17)7-5-11/h4-7,9,15,17H,3,8H2,1-2H3. The molecule has 0 fully saturated rings. The van der Waals surface area contributed by atoms with Crippen LogP contribution in [0.4, 0.5) is 5.69 Å². The fourth-order valence-electron chi connectivity index (χ4n) is 1.81. The fourth-order valence-corrected chi connectivity index (χ4v) is 2.88. The quantitative estimate of drug-likeness (QED) is 0.827. The van der Waals surface area contributed by atoms with Crippen LogP contribution in [0.3, 0.4) is 0 Å². The number of aromatic nitrogens is 2. The largest absolute Gasteiger partial charge is 0.508 e. The lowest BCUT2D eigenvalue weighted by atomic mass is 10.3. The Labute approximate surface area is 118 Å². The van der Waals surface area contributed by atoms with E-state index in [1.165, 1.54) is 30.5 Å². The van der Waals surface area contributed by atoms with Crippen molar-refractivity contribution in [3.63, 3.8) is 0 Å². The van der Waals surface area contributed by atoms with E-state index in [-0.39, 0.29) is 10.8 Å². The second-order valence-electron chi connectivity index (χ2n) is 4.47. The Kier molecular flexibility index (Phi) is 3.99. The van der Waals surface area contributed by atoms with Crippen LogP contribution in [0.1, 0.15) is 19.2 Å². The number of aromatic hydroxyl groups is 1. The number of hydrogen-bond donors (Lipinski definition) is 2. The lowest BCUT2D eigenvalue weighted by Gasteiger charge is -2.05. The SMILES string of the molecule is CCCn1cc(S(=O)(=O)Nc2ccc(O)cc2)nc1C. The molecule has 2 aromatic rings. The molecule has 0 unspecified atom stereocenters. The van der Waals surface area contributed by atoms with E-state index >= 15 is 0 Å². The summed E-state index contributed by atoms with van der Waals surface area (Å²) < 4.78 is 28.7. The molecule has 0 aliphatic heterocycles. The third kappa shape index (κ3) is 3.11. The molecule has 2 N–H and O–H groups in total. The van der Waals surface area contributed by atoms with E-state index < -0.39 is 10.0 Å². The summed E-state index contributed by atoms with van der Waals surface area (Å²) in [5, 5.41) is 9.17. The number of nitrogens with one attached hydrogen (secondary N) is 1. The van der Waals surface area contributed by atoms with Gasteiger partial charge in [0.25, 0.3) is 10.0 Å². The van der Waals surface area contributed by atoms with Crippen LogP contribution in [-0.4, -0.2) is 23.1 Å². The van der Waals surface area contributed by atoms with Gasteiger partial charge in [0.1, 0.15) is 11.6 Å². The minimum Gasteiger partial charge on any atom is -0.508 e. The van der Waals surface area contributed by atoms with Crippen molar-refractivity contribution in [3.05, 3.63) is 36.3 Å². The van der Waals surface area contributed by atoms with Crippen molar-refractivity contribution in [3.8, 4) is 5.75 Å². The molecule has 0 atom stereocenters. The molecule has 0 aliphatic carbocycles. The molecule has 0 saturated carbocycles. The topological polar surface area (TPSA) is 84.2 Å². The summed E-state index contributed by atoms with van der Waals surface area (Å²) in [4.78, 5) is 4.08. The molecule has 0 spiro atoms. The smallest absolute Gasteiger partial charge is 0.280 e. The van der Waals surface area contributed by atoms with E-state index in [1.807, 2.05) is 11.5 Å². The van der Waals surface area contributed by atoms with E-state index in [9.17, 15) is 13.5 Å². The van der Waals surface area contributed by atoms with Crippen LogP contribution in [-0.2, 0) is 16.6 Å². The predicted octanol–water partition coefficient (Wildman–Crippen LogP) is 2.11. The Morgan fingerprint density at radius 3 is 2.55 bits per heavy atom. The highest BCUT2D eigenvalue weighted by molar-refractivity contribution is 7.92. The molecule has 0 saturated heterocycles. The molecule has 1 heterocycles. The van der Waals surface area contributed by atoms with Crippen LogP contribution in [0.25, 0.3) is 0 Å².